The number of benzene rings is 1. The van der Waals surface area contributed by atoms with Crippen LogP contribution < -0.4 is 5.32 Å². The van der Waals surface area contributed by atoms with Gasteiger partial charge in [-0.15, -0.1) is 0 Å². The summed E-state index contributed by atoms with van der Waals surface area (Å²) in [6, 6.07) is 13.8. The van der Waals surface area contributed by atoms with Crippen molar-refractivity contribution >= 4 is 22.4 Å². The van der Waals surface area contributed by atoms with Gasteiger partial charge < -0.3 is 5.32 Å². The summed E-state index contributed by atoms with van der Waals surface area (Å²) in [6.07, 6.45) is 3.50. The van der Waals surface area contributed by atoms with Crippen molar-refractivity contribution in [3.63, 3.8) is 0 Å². The molecule has 0 unspecified atom stereocenters. The summed E-state index contributed by atoms with van der Waals surface area (Å²) in [4.78, 5) is 20.9. The van der Waals surface area contributed by atoms with E-state index in [9.17, 15) is 4.79 Å². The smallest absolute Gasteiger partial charge is 0.223 e. The van der Waals surface area contributed by atoms with Gasteiger partial charge in [0.25, 0.3) is 0 Å². The fourth-order valence-corrected chi connectivity index (χ4v) is 3.05. The molecule has 4 nitrogen and oxygen atoms in total. The number of nitrogens with zero attached hydrogens (tertiary/aromatic N) is 2. The Kier molecular flexibility index (Phi) is 3.75. The molecule has 0 spiro atoms. The number of hydrogen-bond donors (Lipinski definition) is 1. The van der Waals surface area contributed by atoms with Crippen LogP contribution in [0.1, 0.15) is 6.92 Å². The van der Waals surface area contributed by atoms with Crippen molar-refractivity contribution in [1.29, 1.82) is 0 Å². The third kappa shape index (κ3) is 2.98. The molecule has 104 valence electrons. The lowest BCUT2D eigenvalue weighted by molar-refractivity contribution is -0.114. The van der Waals surface area contributed by atoms with E-state index in [4.69, 9.17) is 0 Å². The zero-order valence-corrected chi connectivity index (χ0v) is 12.2. The van der Waals surface area contributed by atoms with E-state index in [2.05, 4.69) is 15.3 Å². The molecule has 1 amide bonds. The van der Waals surface area contributed by atoms with Gasteiger partial charge in [0, 0.05) is 24.9 Å². The van der Waals surface area contributed by atoms with Crippen LogP contribution in [0, 0.1) is 0 Å². The highest BCUT2D eigenvalue weighted by Crippen LogP contribution is 2.38. The topological polar surface area (TPSA) is 54.9 Å². The first-order valence-electron chi connectivity index (χ1n) is 6.48. The van der Waals surface area contributed by atoms with E-state index in [1.165, 1.54) is 18.3 Å². The van der Waals surface area contributed by atoms with Crippen LogP contribution >= 0.6 is 11.3 Å². The molecule has 1 aromatic carbocycles. The van der Waals surface area contributed by atoms with Gasteiger partial charge in [0.05, 0.1) is 10.6 Å². The second-order valence-electron chi connectivity index (χ2n) is 4.48. The maximum atomic E-state index is 11.3. The van der Waals surface area contributed by atoms with Gasteiger partial charge in [-0.05, 0) is 17.7 Å². The van der Waals surface area contributed by atoms with Crippen LogP contribution in [0.25, 0.3) is 21.7 Å². The Morgan fingerprint density at radius 2 is 1.76 bits per heavy atom. The molecule has 1 N–H and O–H groups in total. The van der Waals surface area contributed by atoms with Crippen molar-refractivity contribution in [2.45, 2.75) is 6.92 Å². The summed E-state index contributed by atoms with van der Waals surface area (Å²) in [7, 11) is 0. The molecule has 0 fully saturated rings. The molecule has 3 rings (SSSR count). The molecule has 0 aliphatic carbocycles. The van der Waals surface area contributed by atoms with Crippen LogP contribution in [0.4, 0.5) is 5.13 Å². The summed E-state index contributed by atoms with van der Waals surface area (Å²) in [6.45, 7) is 1.48. The molecule has 0 saturated carbocycles. The quantitative estimate of drug-likeness (QED) is 0.799. The minimum Gasteiger partial charge on any atom is -0.302 e. The molecule has 0 aliphatic rings. The molecule has 0 bridgehead atoms. The van der Waals surface area contributed by atoms with E-state index in [0.717, 1.165) is 21.7 Å². The van der Waals surface area contributed by atoms with E-state index in [1.54, 1.807) is 12.4 Å². The number of aromatic nitrogens is 2. The van der Waals surface area contributed by atoms with Crippen LogP contribution in [-0.4, -0.2) is 15.9 Å². The van der Waals surface area contributed by atoms with E-state index in [1.807, 2.05) is 42.5 Å². The van der Waals surface area contributed by atoms with Crippen LogP contribution in [-0.2, 0) is 4.79 Å². The largest absolute Gasteiger partial charge is 0.302 e. The fourth-order valence-electron chi connectivity index (χ4n) is 2.01. The van der Waals surface area contributed by atoms with Crippen LogP contribution in [0.5, 0.6) is 0 Å². The number of hydrogen-bond acceptors (Lipinski definition) is 4. The van der Waals surface area contributed by atoms with E-state index in [0.29, 0.717) is 5.13 Å². The Bertz CT molecular complexity index is 697. The first kappa shape index (κ1) is 13.5. The van der Waals surface area contributed by atoms with Crippen molar-refractivity contribution in [2.75, 3.05) is 5.32 Å². The Morgan fingerprint density at radius 1 is 1.05 bits per heavy atom. The Labute approximate surface area is 126 Å². The molecule has 2 aromatic heterocycles. The Hall–Kier alpha value is -2.53. The van der Waals surface area contributed by atoms with Crippen molar-refractivity contribution in [1.82, 2.24) is 9.97 Å². The summed E-state index contributed by atoms with van der Waals surface area (Å²) in [5.74, 6) is -0.121. The minimum absolute atomic E-state index is 0.121. The lowest BCUT2D eigenvalue weighted by Gasteiger charge is -2.01. The highest BCUT2D eigenvalue weighted by molar-refractivity contribution is 7.19. The van der Waals surface area contributed by atoms with Crippen molar-refractivity contribution in [3.05, 3.63) is 54.9 Å². The molecule has 0 saturated heterocycles. The van der Waals surface area contributed by atoms with Gasteiger partial charge in [-0.1, -0.05) is 41.7 Å². The van der Waals surface area contributed by atoms with Crippen molar-refractivity contribution < 1.29 is 4.79 Å². The molecule has 0 atom stereocenters. The first-order valence-corrected chi connectivity index (χ1v) is 7.30. The van der Waals surface area contributed by atoms with Gasteiger partial charge in [0.15, 0.2) is 5.13 Å². The maximum absolute atomic E-state index is 11.3. The number of anilines is 1. The summed E-state index contributed by atoms with van der Waals surface area (Å²) >= 11 is 1.46. The second-order valence-corrected chi connectivity index (χ2v) is 5.48. The molecule has 21 heavy (non-hydrogen) atoms. The maximum Gasteiger partial charge on any atom is 0.223 e. The van der Waals surface area contributed by atoms with Crippen LogP contribution in [0.2, 0.25) is 0 Å². The predicted molar refractivity (Wildman–Crippen MR) is 85.1 cm³/mol. The molecule has 3 aromatic rings. The number of amides is 1. The highest BCUT2D eigenvalue weighted by Gasteiger charge is 2.15. The summed E-state index contributed by atoms with van der Waals surface area (Å²) in [5, 5.41) is 3.36. The number of thiazole rings is 1. The first-order chi connectivity index (χ1) is 10.2. The number of carbonyl (C=O) groups is 1. The standard InChI is InChI=1S/C16H13N3OS/c1-11(20)18-16-19-14(12-5-3-2-4-6-12)15(21-16)13-7-9-17-10-8-13/h2-10H,1H3,(H,18,19,20). The van der Waals surface area contributed by atoms with Gasteiger partial charge in [-0.25, -0.2) is 4.98 Å². The highest BCUT2D eigenvalue weighted by atomic mass is 32.1. The zero-order valence-electron chi connectivity index (χ0n) is 11.4. The molecule has 0 aliphatic heterocycles. The van der Waals surface area contributed by atoms with E-state index < -0.39 is 0 Å². The average Bonchev–Trinajstić information content (AvgIpc) is 2.92. The zero-order chi connectivity index (χ0) is 14.7. The average molecular weight is 295 g/mol. The van der Waals surface area contributed by atoms with Gasteiger partial charge in [0.2, 0.25) is 5.91 Å². The molecular formula is C16H13N3OS. The fraction of sp³-hybridized carbons (Fsp3) is 0.0625. The lowest BCUT2D eigenvalue weighted by Crippen LogP contribution is -2.04. The van der Waals surface area contributed by atoms with Gasteiger partial charge in [0.1, 0.15) is 0 Å². The van der Waals surface area contributed by atoms with Crippen molar-refractivity contribution in [3.8, 4) is 21.7 Å². The third-order valence-electron chi connectivity index (χ3n) is 2.90. The number of rotatable bonds is 3. The van der Waals surface area contributed by atoms with Gasteiger partial charge >= 0.3 is 0 Å². The Morgan fingerprint density at radius 3 is 2.43 bits per heavy atom. The van der Waals surface area contributed by atoms with Crippen LogP contribution in [0.15, 0.2) is 54.9 Å². The number of carbonyl (C=O) groups excluding carboxylic acids is 1. The number of pyridine rings is 1. The molecule has 2 heterocycles. The van der Waals surface area contributed by atoms with Gasteiger partial charge in [-0.3, -0.25) is 9.78 Å². The summed E-state index contributed by atoms with van der Waals surface area (Å²) in [5.41, 5.74) is 2.94. The minimum atomic E-state index is -0.121. The SMILES string of the molecule is CC(=O)Nc1nc(-c2ccccc2)c(-c2ccncc2)s1. The monoisotopic (exact) mass is 295 g/mol. The molecule has 5 heteroatoms. The van der Waals surface area contributed by atoms with Crippen molar-refractivity contribution in [2.24, 2.45) is 0 Å². The van der Waals surface area contributed by atoms with E-state index in [-0.39, 0.29) is 5.91 Å². The Balaban J connectivity index is 2.13. The lowest BCUT2D eigenvalue weighted by atomic mass is 10.1. The van der Waals surface area contributed by atoms with Crippen LogP contribution in [0.3, 0.4) is 0 Å². The summed E-state index contributed by atoms with van der Waals surface area (Å²) < 4.78 is 0. The van der Waals surface area contributed by atoms with E-state index >= 15 is 0 Å². The molecule has 0 radical (unpaired) electrons. The normalized spacial score (nSPS) is 10.3. The number of nitrogens with one attached hydrogen (secondary N) is 1. The second kappa shape index (κ2) is 5.85. The third-order valence-corrected chi connectivity index (χ3v) is 3.92. The molecular weight excluding hydrogens is 282 g/mol. The van der Waals surface area contributed by atoms with Gasteiger partial charge in [-0.2, -0.15) is 0 Å². The predicted octanol–water partition coefficient (Wildman–Crippen LogP) is 3.83.